The first-order valence-electron chi connectivity index (χ1n) is 5.48. The summed E-state index contributed by atoms with van der Waals surface area (Å²) in [6.45, 7) is 10.5. The van der Waals surface area contributed by atoms with Gasteiger partial charge in [-0.3, -0.25) is 0 Å². The van der Waals surface area contributed by atoms with E-state index in [0.29, 0.717) is 26.3 Å². The highest BCUT2D eigenvalue weighted by molar-refractivity contribution is 5.67. The molecule has 4 heteroatoms. The van der Waals surface area contributed by atoms with Gasteiger partial charge in [0.25, 0.3) is 0 Å². The molecule has 0 bridgehead atoms. The summed E-state index contributed by atoms with van der Waals surface area (Å²) in [7, 11) is 0. The predicted molar refractivity (Wildman–Crippen MR) is 57.8 cm³/mol. The Hall–Kier alpha value is -0.770. The standard InChI is InChI=1S/C11H21NO3/c1-5-14-10(13)12-6-7-15-9(8-12)11(2,3)4/h9H,5-8H2,1-4H3. The molecule has 0 saturated carbocycles. The molecule has 1 fully saturated rings. The number of rotatable bonds is 1. The van der Waals surface area contributed by atoms with Gasteiger partial charge in [0.1, 0.15) is 0 Å². The zero-order valence-electron chi connectivity index (χ0n) is 10.1. The first-order chi connectivity index (χ1) is 6.95. The summed E-state index contributed by atoms with van der Waals surface area (Å²) < 4.78 is 10.6. The van der Waals surface area contributed by atoms with Gasteiger partial charge in [-0.25, -0.2) is 4.79 Å². The Morgan fingerprint density at radius 2 is 2.20 bits per heavy atom. The second-order valence-electron chi connectivity index (χ2n) is 4.87. The first-order valence-corrected chi connectivity index (χ1v) is 5.48. The molecule has 4 nitrogen and oxygen atoms in total. The van der Waals surface area contributed by atoms with Crippen molar-refractivity contribution in [3.05, 3.63) is 0 Å². The van der Waals surface area contributed by atoms with Crippen molar-refractivity contribution in [1.29, 1.82) is 0 Å². The molecule has 0 aliphatic carbocycles. The van der Waals surface area contributed by atoms with E-state index in [1.807, 2.05) is 6.92 Å². The van der Waals surface area contributed by atoms with E-state index in [2.05, 4.69) is 20.8 Å². The number of carbonyl (C=O) groups excluding carboxylic acids is 1. The monoisotopic (exact) mass is 215 g/mol. The van der Waals surface area contributed by atoms with E-state index in [9.17, 15) is 4.79 Å². The molecule has 1 unspecified atom stereocenters. The lowest BCUT2D eigenvalue weighted by atomic mass is 9.88. The van der Waals surface area contributed by atoms with E-state index in [-0.39, 0.29) is 17.6 Å². The molecule has 0 aromatic carbocycles. The van der Waals surface area contributed by atoms with Crippen molar-refractivity contribution < 1.29 is 14.3 Å². The van der Waals surface area contributed by atoms with E-state index in [0.717, 1.165) is 0 Å². The average Bonchev–Trinajstić information content (AvgIpc) is 2.17. The van der Waals surface area contributed by atoms with Gasteiger partial charge in [-0.2, -0.15) is 0 Å². The maximum absolute atomic E-state index is 11.5. The van der Waals surface area contributed by atoms with Gasteiger partial charge in [-0.15, -0.1) is 0 Å². The number of hydrogen-bond donors (Lipinski definition) is 0. The first kappa shape index (κ1) is 12.3. The molecular formula is C11H21NO3. The molecule has 0 aromatic rings. The lowest BCUT2D eigenvalue weighted by Crippen LogP contribution is -2.50. The van der Waals surface area contributed by atoms with Gasteiger partial charge < -0.3 is 14.4 Å². The van der Waals surface area contributed by atoms with Gasteiger partial charge >= 0.3 is 6.09 Å². The fourth-order valence-corrected chi connectivity index (χ4v) is 1.55. The number of morpholine rings is 1. The van der Waals surface area contributed by atoms with Gasteiger partial charge in [0.2, 0.25) is 0 Å². The van der Waals surface area contributed by atoms with Crippen LogP contribution in [0.5, 0.6) is 0 Å². The molecule has 1 aliphatic heterocycles. The molecule has 1 aliphatic rings. The van der Waals surface area contributed by atoms with Gasteiger partial charge in [0.05, 0.1) is 25.9 Å². The minimum atomic E-state index is -0.227. The quantitative estimate of drug-likeness (QED) is 0.670. The molecule has 1 atom stereocenters. The van der Waals surface area contributed by atoms with Crippen molar-refractivity contribution in [2.24, 2.45) is 5.41 Å². The zero-order valence-corrected chi connectivity index (χ0v) is 10.1. The van der Waals surface area contributed by atoms with Gasteiger partial charge in [0, 0.05) is 6.54 Å². The Morgan fingerprint density at radius 1 is 1.53 bits per heavy atom. The van der Waals surface area contributed by atoms with Crippen LogP contribution in [0.4, 0.5) is 4.79 Å². The summed E-state index contributed by atoms with van der Waals surface area (Å²) in [6.07, 6.45) is -0.134. The van der Waals surface area contributed by atoms with Crippen LogP contribution < -0.4 is 0 Å². The maximum atomic E-state index is 11.5. The third-order valence-corrected chi connectivity index (χ3v) is 2.56. The van der Waals surface area contributed by atoms with Crippen LogP contribution in [-0.2, 0) is 9.47 Å². The average molecular weight is 215 g/mol. The summed E-state index contributed by atoms with van der Waals surface area (Å²) in [4.78, 5) is 13.2. The smallest absolute Gasteiger partial charge is 0.409 e. The molecule has 15 heavy (non-hydrogen) atoms. The molecule has 1 amide bonds. The molecule has 1 saturated heterocycles. The lowest BCUT2D eigenvalue weighted by molar-refractivity contribution is -0.0747. The Kier molecular flexibility index (Phi) is 3.97. The van der Waals surface area contributed by atoms with Crippen molar-refractivity contribution in [1.82, 2.24) is 4.90 Å². The summed E-state index contributed by atoms with van der Waals surface area (Å²) >= 11 is 0. The summed E-state index contributed by atoms with van der Waals surface area (Å²) in [5.74, 6) is 0. The van der Waals surface area contributed by atoms with Crippen LogP contribution in [-0.4, -0.2) is 43.4 Å². The SMILES string of the molecule is CCOC(=O)N1CCOC(C(C)(C)C)C1. The van der Waals surface area contributed by atoms with E-state index < -0.39 is 0 Å². The van der Waals surface area contributed by atoms with Crippen molar-refractivity contribution in [3.63, 3.8) is 0 Å². The number of hydrogen-bond acceptors (Lipinski definition) is 3. The lowest BCUT2D eigenvalue weighted by Gasteiger charge is -2.38. The second kappa shape index (κ2) is 4.84. The van der Waals surface area contributed by atoms with Crippen LogP contribution in [0.3, 0.4) is 0 Å². The van der Waals surface area contributed by atoms with Crippen molar-refractivity contribution in [2.75, 3.05) is 26.3 Å². The van der Waals surface area contributed by atoms with E-state index in [1.54, 1.807) is 4.90 Å². The Bertz CT molecular complexity index is 222. The highest BCUT2D eigenvalue weighted by Crippen LogP contribution is 2.25. The zero-order chi connectivity index (χ0) is 11.5. The maximum Gasteiger partial charge on any atom is 0.409 e. The third-order valence-electron chi connectivity index (χ3n) is 2.56. The number of amides is 1. The fraction of sp³-hybridized carbons (Fsp3) is 0.909. The number of carbonyl (C=O) groups is 1. The van der Waals surface area contributed by atoms with Crippen LogP contribution in [0, 0.1) is 5.41 Å². The summed E-state index contributed by atoms with van der Waals surface area (Å²) in [6, 6.07) is 0. The summed E-state index contributed by atoms with van der Waals surface area (Å²) in [5.41, 5.74) is 0.0607. The Balaban J connectivity index is 2.52. The van der Waals surface area contributed by atoms with Gasteiger partial charge in [-0.05, 0) is 12.3 Å². The van der Waals surface area contributed by atoms with Crippen molar-refractivity contribution in [3.8, 4) is 0 Å². The molecule has 88 valence electrons. The Morgan fingerprint density at radius 3 is 2.73 bits per heavy atom. The van der Waals surface area contributed by atoms with Crippen molar-refractivity contribution >= 4 is 6.09 Å². The normalized spacial score (nSPS) is 22.7. The molecule has 0 N–H and O–H groups in total. The number of nitrogens with zero attached hydrogens (tertiary/aromatic N) is 1. The van der Waals surface area contributed by atoms with Gasteiger partial charge in [-0.1, -0.05) is 20.8 Å². The summed E-state index contributed by atoms with van der Waals surface area (Å²) in [5, 5.41) is 0. The molecule has 1 rings (SSSR count). The van der Waals surface area contributed by atoms with Crippen LogP contribution in [0.1, 0.15) is 27.7 Å². The topological polar surface area (TPSA) is 38.8 Å². The fourth-order valence-electron chi connectivity index (χ4n) is 1.55. The van der Waals surface area contributed by atoms with Gasteiger partial charge in [0.15, 0.2) is 0 Å². The number of ether oxygens (including phenoxy) is 2. The Labute approximate surface area is 91.5 Å². The molecular weight excluding hydrogens is 194 g/mol. The van der Waals surface area contributed by atoms with Crippen LogP contribution in [0.2, 0.25) is 0 Å². The van der Waals surface area contributed by atoms with E-state index >= 15 is 0 Å². The molecule has 0 aromatic heterocycles. The van der Waals surface area contributed by atoms with Crippen LogP contribution in [0.15, 0.2) is 0 Å². The second-order valence-corrected chi connectivity index (χ2v) is 4.87. The van der Waals surface area contributed by atoms with Crippen LogP contribution >= 0.6 is 0 Å². The molecule has 0 spiro atoms. The van der Waals surface area contributed by atoms with Crippen molar-refractivity contribution in [2.45, 2.75) is 33.8 Å². The minimum Gasteiger partial charge on any atom is -0.450 e. The predicted octanol–water partition coefficient (Wildman–Crippen LogP) is 1.89. The van der Waals surface area contributed by atoms with Crippen LogP contribution in [0.25, 0.3) is 0 Å². The molecule has 0 radical (unpaired) electrons. The highest BCUT2D eigenvalue weighted by atomic mass is 16.6. The highest BCUT2D eigenvalue weighted by Gasteiger charge is 2.32. The van der Waals surface area contributed by atoms with E-state index in [1.165, 1.54) is 0 Å². The third kappa shape index (κ3) is 3.38. The minimum absolute atomic E-state index is 0.0607. The molecule has 1 heterocycles. The largest absolute Gasteiger partial charge is 0.450 e. The van der Waals surface area contributed by atoms with E-state index in [4.69, 9.17) is 9.47 Å².